The summed E-state index contributed by atoms with van der Waals surface area (Å²) in [6.07, 6.45) is 1.51. The van der Waals surface area contributed by atoms with Gasteiger partial charge in [0.05, 0.1) is 11.8 Å². The van der Waals surface area contributed by atoms with Gasteiger partial charge >= 0.3 is 5.97 Å². The Morgan fingerprint density at radius 3 is 2.94 bits per heavy atom. The largest absolute Gasteiger partial charge is 0.365 e. The minimum atomic E-state index is -0.473. The lowest BCUT2D eigenvalue weighted by molar-refractivity contribution is 0.0519. The van der Waals surface area contributed by atoms with Gasteiger partial charge in [-0.15, -0.1) is 11.3 Å². The first-order chi connectivity index (χ1) is 8.25. The van der Waals surface area contributed by atoms with E-state index in [4.69, 9.17) is 4.84 Å². The first-order valence-corrected chi connectivity index (χ1v) is 6.47. The van der Waals surface area contributed by atoms with Crippen molar-refractivity contribution < 1.29 is 9.63 Å². The molecule has 0 unspecified atom stereocenters. The van der Waals surface area contributed by atoms with Crippen molar-refractivity contribution in [2.45, 2.75) is 0 Å². The lowest BCUT2D eigenvalue weighted by Crippen LogP contribution is -2.00. The molecule has 1 aromatic carbocycles. The molecule has 0 aliphatic heterocycles. The molecule has 0 fully saturated rings. The Balaban J connectivity index is 1.98. The highest BCUT2D eigenvalue weighted by Crippen LogP contribution is 2.12. The number of rotatable bonds is 3. The maximum atomic E-state index is 11.6. The van der Waals surface area contributed by atoms with E-state index in [9.17, 15) is 4.79 Å². The summed E-state index contributed by atoms with van der Waals surface area (Å²) in [5.41, 5.74) is 0.461. The Kier molecular flexibility index (Phi) is 4.06. The first-order valence-electron chi connectivity index (χ1n) is 4.79. The standard InChI is InChI=1S/C12H8BrNO2S/c13-10-4-1-3-9(7-10)12(15)16-14-8-11-5-2-6-17-11/h1-8H/b14-8+. The molecule has 1 heterocycles. The summed E-state index contributed by atoms with van der Waals surface area (Å²) in [6, 6.07) is 10.8. The Morgan fingerprint density at radius 2 is 2.24 bits per heavy atom. The van der Waals surface area contributed by atoms with Crippen LogP contribution < -0.4 is 0 Å². The van der Waals surface area contributed by atoms with Crippen molar-refractivity contribution in [3.8, 4) is 0 Å². The third kappa shape index (κ3) is 3.51. The lowest BCUT2D eigenvalue weighted by Gasteiger charge is -1.97. The van der Waals surface area contributed by atoms with Gasteiger partial charge in [-0.2, -0.15) is 0 Å². The molecule has 0 aliphatic rings. The van der Waals surface area contributed by atoms with Crippen molar-refractivity contribution in [3.63, 3.8) is 0 Å². The minimum Gasteiger partial charge on any atom is -0.313 e. The molecule has 1 aromatic heterocycles. The highest BCUT2D eigenvalue weighted by Gasteiger charge is 2.06. The van der Waals surface area contributed by atoms with Crippen LogP contribution in [-0.2, 0) is 4.84 Å². The second kappa shape index (κ2) is 5.75. The molecule has 0 saturated carbocycles. The average molecular weight is 310 g/mol. The van der Waals surface area contributed by atoms with E-state index >= 15 is 0 Å². The van der Waals surface area contributed by atoms with Crippen LogP contribution in [0.3, 0.4) is 0 Å². The summed E-state index contributed by atoms with van der Waals surface area (Å²) in [7, 11) is 0. The Hall–Kier alpha value is -1.46. The average Bonchev–Trinajstić information content (AvgIpc) is 2.82. The van der Waals surface area contributed by atoms with Gasteiger partial charge in [0, 0.05) is 9.35 Å². The first kappa shape index (κ1) is 12.0. The molecular formula is C12H8BrNO2S. The summed E-state index contributed by atoms with van der Waals surface area (Å²) in [5, 5.41) is 5.57. The molecule has 17 heavy (non-hydrogen) atoms. The number of oxime groups is 1. The molecule has 5 heteroatoms. The maximum absolute atomic E-state index is 11.6. The van der Waals surface area contributed by atoms with Crippen LogP contribution in [0.25, 0.3) is 0 Å². The van der Waals surface area contributed by atoms with E-state index in [-0.39, 0.29) is 0 Å². The van der Waals surface area contributed by atoms with Crippen molar-refractivity contribution >= 4 is 39.5 Å². The van der Waals surface area contributed by atoms with Gasteiger partial charge in [-0.25, -0.2) is 4.79 Å². The molecule has 3 nitrogen and oxygen atoms in total. The molecule has 0 atom stereocenters. The monoisotopic (exact) mass is 309 g/mol. The number of hydrogen-bond donors (Lipinski definition) is 0. The highest BCUT2D eigenvalue weighted by molar-refractivity contribution is 9.10. The van der Waals surface area contributed by atoms with Crippen LogP contribution in [-0.4, -0.2) is 12.2 Å². The van der Waals surface area contributed by atoms with E-state index < -0.39 is 5.97 Å². The molecule has 0 aliphatic carbocycles. The predicted octanol–water partition coefficient (Wildman–Crippen LogP) is 3.70. The fraction of sp³-hybridized carbons (Fsp3) is 0. The summed E-state index contributed by atoms with van der Waals surface area (Å²) in [6.45, 7) is 0. The van der Waals surface area contributed by atoms with E-state index in [0.717, 1.165) is 9.35 Å². The van der Waals surface area contributed by atoms with Gasteiger partial charge < -0.3 is 4.84 Å². The zero-order valence-electron chi connectivity index (χ0n) is 8.67. The van der Waals surface area contributed by atoms with Crippen molar-refractivity contribution in [2.75, 3.05) is 0 Å². The highest BCUT2D eigenvalue weighted by atomic mass is 79.9. The van der Waals surface area contributed by atoms with Crippen LogP contribution in [0.15, 0.2) is 51.4 Å². The van der Waals surface area contributed by atoms with Gasteiger partial charge in [0.25, 0.3) is 0 Å². The summed E-state index contributed by atoms with van der Waals surface area (Å²) in [4.78, 5) is 17.3. The van der Waals surface area contributed by atoms with E-state index in [1.165, 1.54) is 17.6 Å². The number of thiophene rings is 1. The SMILES string of the molecule is O=C(O/N=C/c1cccs1)c1cccc(Br)c1. The molecular weight excluding hydrogens is 302 g/mol. The zero-order valence-corrected chi connectivity index (χ0v) is 11.1. The maximum Gasteiger partial charge on any atom is 0.365 e. The van der Waals surface area contributed by atoms with Gasteiger partial charge in [0.2, 0.25) is 0 Å². The van der Waals surface area contributed by atoms with Crippen molar-refractivity contribution in [1.29, 1.82) is 0 Å². The molecule has 2 rings (SSSR count). The number of benzene rings is 1. The van der Waals surface area contributed by atoms with Gasteiger partial charge in [0.15, 0.2) is 0 Å². The minimum absolute atomic E-state index is 0.461. The molecule has 0 N–H and O–H groups in total. The molecule has 86 valence electrons. The molecule has 0 saturated heterocycles. The fourth-order valence-corrected chi connectivity index (χ4v) is 2.13. The van der Waals surface area contributed by atoms with Crippen LogP contribution in [0, 0.1) is 0 Å². The van der Waals surface area contributed by atoms with Gasteiger partial charge in [0.1, 0.15) is 0 Å². The Morgan fingerprint density at radius 1 is 1.35 bits per heavy atom. The fourth-order valence-electron chi connectivity index (χ4n) is 1.16. The zero-order chi connectivity index (χ0) is 12.1. The summed E-state index contributed by atoms with van der Waals surface area (Å²) in [5.74, 6) is -0.473. The van der Waals surface area contributed by atoms with Gasteiger partial charge in [-0.3, -0.25) is 0 Å². The lowest BCUT2D eigenvalue weighted by atomic mass is 10.2. The molecule has 0 radical (unpaired) electrons. The number of carbonyl (C=O) groups excluding carboxylic acids is 1. The summed E-state index contributed by atoms with van der Waals surface area (Å²) >= 11 is 4.81. The van der Waals surface area contributed by atoms with Crippen LogP contribution in [0.1, 0.15) is 15.2 Å². The van der Waals surface area contributed by atoms with Crippen LogP contribution in [0.2, 0.25) is 0 Å². The van der Waals surface area contributed by atoms with Crippen LogP contribution >= 0.6 is 27.3 Å². The predicted molar refractivity (Wildman–Crippen MR) is 71.5 cm³/mol. The van der Waals surface area contributed by atoms with Gasteiger partial charge in [-0.05, 0) is 29.6 Å². The van der Waals surface area contributed by atoms with E-state index in [2.05, 4.69) is 21.1 Å². The third-order valence-electron chi connectivity index (χ3n) is 1.92. The smallest absolute Gasteiger partial charge is 0.313 e. The molecule has 2 aromatic rings. The van der Waals surface area contributed by atoms with E-state index in [1.807, 2.05) is 23.6 Å². The Bertz CT molecular complexity index is 537. The van der Waals surface area contributed by atoms with Crippen LogP contribution in [0.4, 0.5) is 0 Å². The number of hydrogen-bond acceptors (Lipinski definition) is 4. The number of halogens is 1. The van der Waals surface area contributed by atoms with Crippen LogP contribution in [0.5, 0.6) is 0 Å². The topological polar surface area (TPSA) is 38.7 Å². The molecule has 0 bridgehead atoms. The third-order valence-corrected chi connectivity index (χ3v) is 3.22. The van der Waals surface area contributed by atoms with Crippen molar-refractivity contribution in [3.05, 3.63) is 56.7 Å². The van der Waals surface area contributed by atoms with Gasteiger partial charge in [-0.1, -0.05) is 33.2 Å². The summed E-state index contributed by atoms with van der Waals surface area (Å²) < 4.78 is 0.828. The second-order valence-corrected chi connectivity index (χ2v) is 5.03. The van der Waals surface area contributed by atoms with Crippen molar-refractivity contribution in [2.24, 2.45) is 5.16 Å². The number of carbonyl (C=O) groups is 1. The second-order valence-electron chi connectivity index (χ2n) is 3.14. The number of nitrogens with zero attached hydrogens (tertiary/aromatic N) is 1. The molecule has 0 amide bonds. The van der Waals surface area contributed by atoms with Crippen molar-refractivity contribution in [1.82, 2.24) is 0 Å². The molecule has 0 spiro atoms. The van der Waals surface area contributed by atoms with E-state index in [1.54, 1.807) is 18.2 Å². The normalized spacial score (nSPS) is 10.6. The quantitative estimate of drug-likeness (QED) is 0.492. The Labute approximate surface area is 111 Å². The van der Waals surface area contributed by atoms with E-state index in [0.29, 0.717) is 5.56 Å².